The molecule has 0 radical (unpaired) electrons. The molecule has 0 unspecified atom stereocenters. The Morgan fingerprint density at radius 3 is 2.38 bits per heavy atom. The molecule has 0 fully saturated rings. The summed E-state index contributed by atoms with van der Waals surface area (Å²) in [4.78, 5) is 14.7. The summed E-state index contributed by atoms with van der Waals surface area (Å²) >= 11 is 0. The van der Waals surface area contributed by atoms with Crippen LogP contribution in [0.3, 0.4) is 0 Å². The predicted octanol–water partition coefficient (Wildman–Crippen LogP) is 6.85. The molecular weight excluding hydrogens is 400 g/mol. The van der Waals surface area contributed by atoms with Gasteiger partial charge in [-0.25, -0.2) is 0 Å². The number of aromatic hydroxyl groups is 1. The van der Waals surface area contributed by atoms with E-state index >= 15 is 0 Å². The number of nitrogens with zero attached hydrogens (tertiary/aromatic N) is 2. The minimum atomic E-state index is -0.504. The summed E-state index contributed by atoms with van der Waals surface area (Å²) < 4.78 is 0. The van der Waals surface area contributed by atoms with Crippen LogP contribution >= 0.6 is 0 Å². The second-order valence-corrected chi connectivity index (χ2v) is 7.52. The largest absolute Gasteiger partial charge is 0.507 e. The summed E-state index contributed by atoms with van der Waals surface area (Å²) in [7, 11) is 0. The first-order chi connectivity index (χ1) is 15.6. The molecule has 5 aromatic carbocycles. The molecule has 0 spiro atoms. The van der Waals surface area contributed by atoms with Crippen LogP contribution in [-0.4, -0.2) is 16.2 Å². The summed E-state index contributed by atoms with van der Waals surface area (Å²) in [5.41, 5.74) is 1.21. The Morgan fingerprint density at radius 2 is 1.56 bits per heavy atom. The second-order valence-electron chi connectivity index (χ2n) is 7.52. The number of nitro benzene ring substituents is 1. The number of fused-ring (bicyclic) bond motifs is 4. The van der Waals surface area contributed by atoms with Gasteiger partial charge in [-0.3, -0.25) is 15.1 Å². The van der Waals surface area contributed by atoms with E-state index in [-0.39, 0.29) is 11.4 Å². The first kappa shape index (κ1) is 19.5. The standard InChI is InChI=1S/C27H18N2O3/c30-27-11-9-23(29(31)32)15-22(27)17-28-13-12-18-6-3-7-25-24(18)10-8-21-14-19-4-1-2-5-20(19)16-26(21)25/h1-17,30H. The molecule has 5 nitrogen and oxygen atoms in total. The molecule has 0 saturated heterocycles. The molecule has 1 N–H and O–H groups in total. The van der Waals surface area contributed by atoms with Crippen molar-refractivity contribution in [3.05, 3.63) is 112 Å². The van der Waals surface area contributed by atoms with Crippen LogP contribution in [0, 0.1) is 10.1 Å². The molecule has 0 bridgehead atoms. The van der Waals surface area contributed by atoms with Crippen molar-refractivity contribution in [2.24, 2.45) is 4.99 Å². The van der Waals surface area contributed by atoms with E-state index in [9.17, 15) is 15.2 Å². The maximum Gasteiger partial charge on any atom is 0.270 e. The normalized spacial score (nSPS) is 11.9. The summed E-state index contributed by atoms with van der Waals surface area (Å²) in [5.74, 6) is -0.0587. The van der Waals surface area contributed by atoms with Gasteiger partial charge in [-0.05, 0) is 62.2 Å². The third kappa shape index (κ3) is 3.56. The maximum atomic E-state index is 10.9. The number of hydrogen-bond acceptors (Lipinski definition) is 4. The molecule has 5 rings (SSSR count). The Hall–Kier alpha value is -4.51. The molecule has 154 valence electrons. The van der Waals surface area contributed by atoms with E-state index in [1.165, 1.54) is 46.0 Å². The summed E-state index contributed by atoms with van der Waals surface area (Å²) in [5, 5.41) is 27.9. The molecule has 0 atom stereocenters. The smallest absolute Gasteiger partial charge is 0.270 e. The highest BCUT2D eigenvalue weighted by molar-refractivity contribution is 6.13. The Morgan fingerprint density at radius 1 is 0.750 bits per heavy atom. The van der Waals surface area contributed by atoms with Gasteiger partial charge >= 0.3 is 0 Å². The summed E-state index contributed by atoms with van der Waals surface area (Å²) in [6, 6.07) is 27.0. The highest BCUT2D eigenvalue weighted by atomic mass is 16.6. The molecule has 0 aromatic heterocycles. The number of phenolic OH excluding ortho intramolecular Hbond substituents is 1. The molecule has 0 aliphatic rings. The Bertz CT molecular complexity index is 1570. The van der Waals surface area contributed by atoms with Crippen molar-refractivity contribution in [3.63, 3.8) is 0 Å². The zero-order chi connectivity index (χ0) is 22.1. The molecule has 32 heavy (non-hydrogen) atoms. The Kier molecular flexibility index (Phi) is 4.84. The molecular formula is C27H18N2O3. The van der Waals surface area contributed by atoms with Crippen LogP contribution in [0.15, 0.2) is 96.1 Å². The van der Waals surface area contributed by atoms with E-state index in [0.717, 1.165) is 16.3 Å². The van der Waals surface area contributed by atoms with E-state index in [2.05, 4.69) is 47.5 Å². The molecule has 0 amide bonds. The van der Waals surface area contributed by atoms with Crippen molar-refractivity contribution >= 4 is 50.3 Å². The molecule has 0 aliphatic heterocycles. The van der Waals surface area contributed by atoms with Crippen LogP contribution in [0.1, 0.15) is 11.1 Å². The number of phenols is 1. The maximum absolute atomic E-state index is 10.9. The van der Waals surface area contributed by atoms with Crippen molar-refractivity contribution in [1.29, 1.82) is 0 Å². The van der Waals surface area contributed by atoms with Gasteiger partial charge in [0, 0.05) is 30.1 Å². The average molecular weight is 418 g/mol. The van der Waals surface area contributed by atoms with Crippen molar-refractivity contribution < 1.29 is 10.0 Å². The van der Waals surface area contributed by atoms with Gasteiger partial charge in [0.15, 0.2) is 0 Å². The minimum absolute atomic E-state index is 0.0587. The number of hydrogen-bond donors (Lipinski definition) is 1. The Labute approximate surface area is 183 Å². The zero-order valence-electron chi connectivity index (χ0n) is 17.0. The zero-order valence-corrected chi connectivity index (χ0v) is 17.0. The van der Waals surface area contributed by atoms with E-state index in [4.69, 9.17) is 0 Å². The highest BCUT2D eigenvalue weighted by Crippen LogP contribution is 2.31. The van der Waals surface area contributed by atoms with E-state index in [0.29, 0.717) is 5.56 Å². The lowest BCUT2D eigenvalue weighted by Crippen LogP contribution is -1.90. The van der Waals surface area contributed by atoms with Gasteiger partial charge < -0.3 is 5.11 Å². The van der Waals surface area contributed by atoms with Gasteiger partial charge in [0.2, 0.25) is 0 Å². The lowest BCUT2D eigenvalue weighted by atomic mass is 9.96. The van der Waals surface area contributed by atoms with Gasteiger partial charge in [-0.1, -0.05) is 54.6 Å². The van der Waals surface area contributed by atoms with Crippen LogP contribution < -0.4 is 0 Å². The third-order valence-corrected chi connectivity index (χ3v) is 5.55. The number of benzene rings is 5. The fourth-order valence-corrected chi connectivity index (χ4v) is 3.96. The van der Waals surface area contributed by atoms with Crippen molar-refractivity contribution in [2.75, 3.05) is 0 Å². The molecule has 5 heteroatoms. The lowest BCUT2D eigenvalue weighted by molar-refractivity contribution is -0.384. The summed E-state index contributed by atoms with van der Waals surface area (Å²) in [6.07, 6.45) is 4.92. The van der Waals surface area contributed by atoms with Crippen LogP contribution in [0.2, 0.25) is 0 Å². The monoisotopic (exact) mass is 418 g/mol. The first-order valence-electron chi connectivity index (χ1n) is 10.1. The average Bonchev–Trinajstić information content (AvgIpc) is 2.81. The van der Waals surface area contributed by atoms with E-state index in [1.54, 1.807) is 6.20 Å². The topological polar surface area (TPSA) is 75.7 Å². The lowest BCUT2D eigenvalue weighted by Gasteiger charge is -2.08. The van der Waals surface area contributed by atoms with Crippen molar-refractivity contribution in [3.8, 4) is 5.75 Å². The fourth-order valence-electron chi connectivity index (χ4n) is 3.96. The number of non-ortho nitro benzene ring substituents is 1. The van der Waals surface area contributed by atoms with Crippen molar-refractivity contribution in [1.82, 2.24) is 0 Å². The van der Waals surface area contributed by atoms with E-state index < -0.39 is 4.92 Å². The van der Waals surface area contributed by atoms with Crippen LogP contribution in [0.4, 0.5) is 5.69 Å². The molecule has 5 aromatic rings. The summed E-state index contributed by atoms with van der Waals surface area (Å²) in [6.45, 7) is 0. The van der Waals surface area contributed by atoms with E-state index in [1.807, 2.05) is 30.3 Å². The second kappa shape index (κ2) is 7.96. The van der Waals surface area contributed by atoms with Gasteiger partial charge in [0.25, 0.3) is 5.69 Å². The number of aliphatic imine (C=N–C) groups is 1. The van der Waals surface area contributed by atoms with Gasteiger partial charge in [-0.2, -0.15) is 0 Å². The number of rotatable bonds is 4. The number of nitro groups is 1. The predicted molar refractivity (Wildman–Crippen MR) is 130 cm³/mol. The first-order valence-corrected chi connectivity index (χ1v) is 10.1. The highest BCUT2D eigenvalue weighted by Gasteiger charge is 2.08. The van der Waals surface area contributed by atoms with Crippen LogP contribution in [-0.2, 0) is 0 Å². The van der Waals surface area contributed by atoms with Crippen LogP contribution in [0.5, 0.6) is 5.75 Å². The third-order valence-electron chi connectivity index (χ3n) is 5.55. The SMILES string of the molecule is O=[N+]([O-])c1ccc(O)c(C=NC=Cc2cccc3c2ccc2cc4ccccc4cc23)c1. The fraction of sp³-hybridized carbons (Fsp3) is 0. The van der Waals surface area contributed by atoms with Gasteiger partial charge in [-0.15, -0.1) is 0 Å². The minimum Gasteiger partial charge on any atom is -0.507 e. The van der Waals surface area contributed by atoms with Gasteiger partial charge in [0.05, 0.1) is 4.92 Å². The quantitative estimate of drug-likeness (QED) is 0.114. The molecule has 0 heterocycles. The Balaban J connectivity index is 1.52. The van der Waals surface area contributed by atoms with Crippen LogP contribution in [0.25, 0.3) is 38.4 Å². The molecule has 0 aliphatic carbocycles. The molecule has 0 saturated carbocycles. The van der Waals surface area contributed by atoms with Crippen molar-refractivity contribution in [2.45, 2.75) is 0 Å². The van der Waals surface area contributed by atoms with Gasteiger partial charge in [0.1, 0.15) is 5.75 Å².